The number of hydrogen-bond acceptors (Lipinski definition) is 3. The molecule has 0 aromatic heterocycles. The molecule has 1 heterocycles. The molecule has 0 aliphatic carbocycles. The third kappa shape index (κ3) is 4.20. The number of nitrogens with zero attached hydrogens (tertiary/aromatic N) is 1. The van der Waals surface area contributed by atoms with Crippen molar-refractivity contribution in [1.82, 2.24) is 4.90 Å². The van der Waals surface area contributed by atoms with Crippen LogP contribution in [0.1, 0.15) is 33.1 Å². The number of hydrogen-bond donors (Lipinski definition) is 0. The fourth-order valence-electron chi connectivity index (χ4n) is 1.77. The molecule has 0 saturated carbocycles. The van der Waals surface area contributed by atoms with E-state index in [4.69, 9.17) is 4.74 Å². The number of ether oxygens (including phenoxy) is 1. The van der Waals surface area contributed by atoms with E-state index in [0.717, 1.165) is 26.2 Å². The number of ketones is 1. The van der Waals surface area contributed by atoms with Gasteiger partial charge >= 0.3 is 0 Å². The van der Waals surface area contributed by atoms with Crippen LogP contribution >= 0.6 is 0 Å². The normalized spacial score (nSPS) is 21.8. The van der Waals surface area contributed by atoms with Crippen LogP contribution < -0.4 is 0 Å². The van der Waals surface area contributed by atoms with Crippen LogP contribution in [-0.4, -0.2) is 43.0 Å². The monoisotopic (exact) mass is 199 g/mol. The van der Waals surface area contributed by atoms with Crippen molar-refractivity contribution in [3.8, 4) is 0 Å². The Morgan fingerprint density at radius 3 is 2.86 bits per heavy atom. The van der Waals surface area contributed by atoms with Crippen LogP contribution in [0.25, 0.3) is 0 Å². The highest BCUT2D eigenvalue weighted by molar-refractivity contribution is 5.75. The summed E-state index contributed by atoms with van der Waals surface area (Å²) in [5.74, 6) is 0.274. The molecular formula is C11H21NO2. The number of Topliss-reactive ketones (excluding diaryl/α,β-unsaturated/α-hetero) is 1. The molecule has 1 unspecified atom stereocenters. The van der Waals surface area contributed by atoms with Crippen LogP contribution in [0, 0.1) is 0 Å². The zero-order chi connectivity index (χ0) is 10.4. The van der Waals surface area contributed by atoms with Gasteiger partial charge in [0.25, 0.3) is 0 Å². The minimum atomic E-state index is 0.274. The highest BCUT2D eigenvalue weighted by atomic mass is 16.5. The predicted molar refractivity (Wildman–Crippen MR) is 56.4 cm³/mol. The first-order valence-electron chi connectivity index (χ1n) is 5.55. The second-order valence-corrected chi connectivity index (χ2v) is 3.98. The maximum absolute atomic E-state index is 10.8. The molecule has 82 valence electrons. The van der Waals surface area contributed by atoms with Crippen LogP contribution in [0.5, 0.6) is 0 Å². The Labute approximate surface area is 86.4 Å². The average molecular weight is 199 g/mol. The first-order chi connectivity index (χ1) is 6.72. The Bertz CT molecular complexity index is 176. The Morgan fingerprint density at radius 2 is 2.36 bits per heavy atom. The summed E-state index contributed by atoms with van der Waals surface area (Å²) in [6.45, 7) is 7.58. The molecule has 0 aromatic carbocycles. The lowest BCUT2D eigenvalue weighted by Gasteiger charge is -2.22. The zero-order valence-corrected chi connectivity index (χ0v) is 9.29. The third-order valence-corrected chi connectivity index (χ3v) is 2.71. The molecule has 0 N–H and O–H groups in total. The van der Waals surface area contributed by atoms with Gasteiger partial charge < -0.3 is 9.64 Å². The van der Waals surface area contributed by atoms with Gasteiger partial charge in [0.05, 0.1) is 6.10 Å². The van der Waals surface area contributed by atoms with Crippen molar-refractivity contribution in [3.05, 3.63) is 0 Å². The van der Waals surface area contributed by atoms with Gasteiger partial charge in [-0.05, 0) is 26.3 Å². The average Bonchev–Trinajstić information content (AvgIpc) is 2.64. The van der Waals surface area contributed by atoms with Crippen molar-refractivity contribution in [2.24, 2.45) is 0 Å². The van der Waals surface area contributed by atoms with E-state index in [-0.39, 0.29) is 5.78 Å². The summed E-state index contributed by atoms with van der Waals surface area (Å²) < 4.78 is 5.57. The number of rotatable bonds is 6. The van der Waals surface area contributed by atoms with Crippen molar-refractivity contribution in [1.29, 1.82) is 0 Å². The molecule has 1 atom stereocenters. The van der Waals surface area contributed by atoms with E-state index < -0.39 is 0 Å². The molecule has 3 heteroatoms. The standard InChI is InChI=1S/C11H21NO2/c1-3-12(7-6-10(2)13)9-11-5-4-8-14-11/h11H,3-9H2,1-2H3. The largest absolute Gasteiger partial charge is 0.377 e. The van der Waals surface area contributed by atoms with Gasteiger partial charge in [-0.15, -0.1) is 0 Å². The molecule has 14 heavy (non-hydrogen) atoms. The van der Waals surface area contributed by atoms with Crippen LogP contribution in [0.3, 0.4) is 0 Å². The van der Waals surface area contributed by atoms with Gasteiger partial charge in [0, 0.05) is 26.1 Å². The molecule has 0 radical (unpaired) electrons. The van der Waals surface area contributed by atoms with Crippen LogP contribution in [0.2, 0.25) is 0 Å². The van der Waals surface area contributed by atoms with Crippen molar-refractivity contribution < 1.29 is 9.53 Å². The molecule has 1 saturated heterocycles. The molecular weight excluding hydrogens is 178 g/mol. The number of likely N-dealkylation sites (N-methyl/N-ethyl adjacent to an activating group) is 1. The fraction of sp³-hybridized carbons (Fsp3) is 0.909. The topological polar surface area (TPSA) is 29.5 Å². The smallest absolute Gasteiger partial charge is 0.131 e. The van der Waals surface area contributed by atoms with E-state index in [0.29, 0.717) is 12.5 Å². The van der Waals surface area contributed by atoms with Crippen LogP contribution in [0.15, 0.2) is 0 Å². The molecule has 0 amide bonds. The molecule has 0 spiro atoms. The van der Waals surface area contributed by atoms with Gasteiger partial charge in [0.1, 0.15) is 5.78 Å². The molecule has 1 rings (SSSR count). The minimum absolute atomic E-state index is 0.274. The maximum atomic E-state index is 10.8. The van der Waals surface area contributed by atoms with E-state index in [2.05, 4.69) is 11.8 Å². The van der Waals surface area contributed by atoms with E-state index >= 15 is 0 Å². The van der Waals surface area contributed by atoms with E-state index in [1.807, 2.05) is 0 Å². The SMILES string of the molecule is CCN(CCC(C)=O)CC1CCCO1. The Morgan fingerprint density at radius 1 is 1.57 bits per heavy atom. The Hall–Kier alpha value is -0.410. The second-order valence-electron chi connectivity index (χ2n) is 3.98. The van der Waals surface area contributed by atoms with Gasteiger partial charge in [0.15, 0.2) is 0 Å². The van der Waals surface area contributed by atoms with Crippen molar-refractivity contribution in [3.63, 3.8) is 0 Å². The fourth-order valence-corrected chi connectivity index (χ4v) is 1.77. The molecule has 1 aliphatic rings. The van der Waals surface area contributed by atoms with Gasteiger partial charge in [-0.1, -0.05) is 6.92 Å². The van der Waals surface area contributed by atoms with Gasteiger partial charge in [-0.3, -0.25) is 4.79 Å². The zero-order valence-electron chi connectivity index (χ0n) is 9.29. The van der Waals surface area contributed by atoms with Gasteiger partial charge in [-0.25, -0.2) is 0 Å². The summed E-state index contributed by atoms with van der Waals surface area (Å²) in [7, 11) is 0. The Balaban J connectivity index is 2.19. The molecule has 0 aromatic rings. The minimum Gasteiger partial charge on any atom is -0.377 e. The highest BCUT2D eigenvalue weighted by Gasteiger charge is 2.18. The molecule has 0 bridgehead atoms. The molecule has 1 fully saturated rings. The molecule has 3 nitrogen and oxygen atoms in total. The lowest BCUT2D eigenvalue weighted by molar-refractivity contribution is -0.117. The quantitative estimate of drug-likeness (QED) is 0.648. The maximum Gasteiger partial charge on any atom is 0.131 e. The van der Waals surface area contributed by atoms with Crippen LogP contribution in [0.4, 0.5) is 0 Å². The predicted octanol–water partition coefficient (Wildman–Crippen LogP) is 1.47. The van der Waals surface area contributed by atoms with Crippen molar-refractivity contribution in [2.75, 3.05) is 26.2 Å². The number of carbonyl (C=O) groups is 1. The lowest BCUT2D eigenvalue weighted by Crippen LogP contribution is -2.33. The summed E-state index contributed by atoms with van der Waals surface area (Å²) in [6, 6.07) is 0. The second kappa shape index (κ2) is 6.14. The number of carbonyl (C=O) groups excluding carboxylic acids is 1. The summed E-state index contributed by atoms with van der Waals surface area (Å²) in [6.07, 6.45) is 3.44. The van der Waals surface area contributed by atoms with Crippen molar-refractivity contribution >= 4 is 5.78 Å². The van der Waals surface area contributed by atoms with Gasteiger partial charge in [-0.2, -0.15) is 0 Å². The van der Waals surface area contributed by atoms with Gasteiger partial charge in [0.2, 0.25) is 0 Å². The van der Waals surface area contributed by atoms with E-state index in [1.54, 1.807) is 6.92 Å². The highest BCUT2D eigenvalue weighted by Crippen LogP contribution is 2.13. The summed E-state index contributed by atoms with van der Waals surface area (Å²) in [5.41, 5.74) is 0. The van der Waals surface area contributed by atoms with Crippen molar-refractivity contribution in [2.45, 2.75) is 39.2 Å². The summed E-state index contributed by atoms with van der Waals surface area (Å²) >= 11 is 0. The van der Waals surface area contributed by atoms with Crippen LogP contribution in [-0.2, 0) is 9.53 Å². The lowest BCUT2D eigenvalue weighted by atomic mass is 10.2. The van der Waals surface area contributed by atoms with E-state index in [1.165, 1.54) is 12.8 Å². The summed E-state index contributed by atoms with van der Waals surface area (Å²) in [5, 5.41) is 0. The first kappa shape index (κ1) is 11.7. The summed E-state index contributed by atoms with van der Waals surface area (Å²) in [4.78, 5) is 13.1. The Kier molecular flexibility index (Phi) is 5.12. The third-order valence-electron chi connectivity index (χ3n) is 2.71. The molecule has 1 aliphatic heterocycles. The van der Waals surface area contributed by atoms with E-state index in [9.17, 15) is 4.79 Å². The first-order valence-corrected chi connectivity index (χ1v) is 5.55.